The molecule has 0 bridgehead atoms. The molecule has 0 amide bonds. The number of hydrogen-bond donors (Lipinski definition) is 1. The van der Waals surface area contributed by atoms with Gasteiger partial charge in [-0.15, -0.1) is 0 Å². The number of rotatable bonds is 8. The highest BCUT2D eigenvalue weighted by molar-refractivity contribution is 5.02. The number of unbranched alkanes of at least 4 members (excludes halogenated alkanes) is 4. The van der Waals surface area contributed by atoms with Crippen molar-refractivity contribution in [1.29, 1.82) is 0 Å². The minimum Gasteiger partial charge on any atom is -0.396 e. The Morgan fingerprint density at radius 3 is 2.08 bits per heavy atom. The zero-order valence-electron chi connectivity index (χ0n) is 8.71. The Hall–Kier alpha value is -0.560. The van der Waals surface area contributed by atoms with Gasteiger partial charge in [0.1, 0.15) is 0 Å². The molecule has 0 aliphatic rings. The van der Waals surface area contributed by atoms with Crippen LogP contribution in [0.5, 0.6) is 0 Å². The zero-order chi connectivity index (χ0) is 9.78. The lowest BCUT2D eigenvalue weighted by atomic mass is 10.2. The van der Waals surface area contributed by atoms with E-state index in [9.17, 15) is 0 Å². The molecule has 0 aromatic carbocycles. The van der Waals surface area contributed by atoms with Gasteiger partial charge in [-0.3, -0.25) is 0 Å². The zero-order valence-corrected chi connectivity index (χ0v) is 8.71. The molecule has 0 atom stereocenters. The van der Waals surface area contributed by atoms with Gasteiger partial charge >= 0.3 is 0 Å². The third kappa shape index (κ3) is 11.4. The highest BCUT2D eigenvalue weighted by atomic mass is 16.2. The van der Waals surface area contributed by atoms with Crippen LogP contribution in [0.25, 0.3) is 0 Å². The van der Waals surface area contributed by atoms with Crippen LogP contribution >= 0.6 is 0 Å². The van der Waals surface area contributed by atoms with E-state index in [4.69, 9.17) is 5.11 Å². The average Bonchev–Trinajstić information content (AvgIpc) is 2.16. The van der Waals surface area contributed by atoms with E-state index < -0.39 is 0 Å². The maximum atomic E-state index is 8.51. The summed E-state index contributed by atoms with van der Waals surface area (Å²) in [5.41, 5.74) is 0. The van der Waals surface area contributed by atoms with Gasteiger partial charge in [-0.25, -0.2) is 0 Å². The highest BCUT2D eigenvalue weighted by Crippen LogP contribution is 1.99. The first-order chi connectivity index (χ1) is 6.41. The molecule has 0 fully saturated rings. The lowest BCUT2D eigenvalue weighted by Gasteiger charge is -1.90. The lowest BCUT2D eigenvalue weighted by molar-refractivity contribution is 0.289. The summed E-state index contributed by atoms with van der Waals surface area (Å²) in [5.74, 6) is 0. The van der Waals surface area contributed by atoms with E-state index in [2.05, 4.69) is 31.2 Å². The molecular weight excluding hydrogens is 160 g/mol. The maximum Gasteiger partial charge on any atom is 0.0433 e. The summed E-state index contributed by atoms with van der Waals surface area (Å²) in [6.45, 7) is 2.52. The fraction of sp³-hybridized carbons (Fsp3) is 0.667. The van der Waals surface area contributed by atoms with Crippen molar-refractivity contribution in [3.63, 3.8) is 0 Å². The van der Waals surface area contributed by atoms with E-state index in [1.54, 1.807) is 0 Å². The molecule has 0 aliphatic carbocycles. The van der Waals surface area contributed by atoms with Gasteiger partial charge in [0.15, 0.2) is 0 Å². The third-order valence-corrected chi connectivity index (χ3v) is 1.89. The number of allylic oxidation sites excluding steroid dienone is 4. The first kappa shape index (κ1) is 12.4. The predicted octanol–water partition coefficient (Wildman–Crippen LogP) is 3.45. The van der Waals surface area contributed by atoms with Crippen molar-refractivity contribution in [3.05, 3.63) is 24.3 Å². The van der Waals surface area contributed by atoms with E-state index in [1.807, 2.05) is 0 Å². The molecule has 0 saturated carbocycles. The summed E-state index contributed by atoms with van der Waals surface area (Å²) in [5, 5.41) is 8.51. The third-order valence-electron chi connectivity index (χ3n) is 1.89. The Labute approximate surface area is 82.2 Å². The predicted molar refractivity (Wildman–Crippen MR) is 58.7 cm³/mol. The van der Waals surface area contributed by atoms with Gasteiger partial charge in [-0.05, 0) is 25.7 Å². The van der Waals surface area contributed by atoms with Crippen LogP contribution < -0.4 is 0 Å². The molecule has 0 aromatic heterocycles. The fourth-order valence-corrected chi connectivity index (χ4v) is 1.07. The Balaban J connectivity index is 3.15. The summed E-state index contributed by atoms with van der Waals surface area (Å²) in [6, 6.07) is 0. The average molecular weight is 182 g/mol. The van der Waals surface area contributed by atoms with Crippen molar-refractivity contribution < 1.29 is 5.11 Å². The topological polar surface area (TPSA) is 20.2 Å². The van der Waals surface area contributed by atoms with Crippen LogP contribution in [0.1, 0.15) is 45.4 Å². The molecule has 0 saturated heterocycles. The Morgan fingerprint density at radius 2 is 1.54 bits per heavy atom. The van der Waals surface area contributed by atoms with Crippen LogP contribution in [-0.2, 0) is 0 Å². The molecule has 1 heteroatoms. The van der Waals surface area contributed by atoms with Crippen molar-refractivity contribution in [3.8, 4) is 0 Å². The second-order valence-corrected chi connectivity index (χ2v) is 3.22. The normalized spacial score (nSPS) is 11.8. The standard InChI is InChI=1S/C12H22O/c1-2-3-4-5-6-7-8-9-10-11-12-13/h6-9,13H,2-5,10-12H2,1H3/b7-6+,9-8+. The second-order valence-electron chi connectivity index (χ2n) is 3.22. The van der Waals surface area contributed by atoms with Gasteiger partial charge in [0.25, 0.3) is 0 Å². The lowest BCUT2D eigenvalue weighted by Crippen LogP contribution is -1.77. The SMILES string of the molecule is CCCCC/C=C/C=C/CCCO. The van der Waals surface area contributed by atoms with Gasteiger partial charge in [-0.1, -0.05) is 44.1 Å². The van der Waals surface area contributed by atoms with E-state index in [-0.39, 0.29) is 0 Å². The molecule has 1 N–H and O–H groups in total. The number of aliphatic hydroxyl groups excluding tert-OH is 1. The summed E-state index contributed by atoms with van der Waals surface area (Å²) < 4.78 is 0. The smallest absolute Gasteiger partial charge is 0.0433 e. The Kier molecular flexibility index (Phi) is 10.9. The molecule has 0 heterocycles. The second kappa shape index (κ2) is 11.4. The molecule has 0 radical (unpaired) electrons. The number of hydrogen-bond acceptors (Lipinski definition) is 1. The van der Waals surface area contributed by atoms with Crippen LogP contribution in [0.3, 0.4) is 0 Å². The molecule has 0 unspecified atom stereocenters. The van der Waals surface area contributed by atoms with E-state index in [1.165, 1.54) is 25.7 Å². The summed E-state index contributed by atoms with van der Waals surface area (Å²) >= 11 is 0. The summed E-state index contributed by atoms with van der Waals surface area (Å²) in [7, 11) is 0. The fourth-order valence-electron chi connectivity index (χ4n) is 1.07. The first-order valence-electron chi connectivity index (χ1n) is 5.34. The quantitative estimate of drug-likeness (QED) is 0.450. The van der Waals surface area contributed by atoms with Crippen molar-refractivity contribution in [2.24, 2.45) is 0 Å². The van der Waals surface area contributed by atoms with Gasteiger partial charge in [0.2, 0.25) is 0 Å². The summed E-state index contributed by atoms with van der Waals surface area (Å²) in [4.78, 5) is 0. The first-order valence-corrected chi connectivity index (χ1v) is 5.34. The van der Waals surface area contributed by atoms with Crippen molar-refractivity contribution >= 4 is 0 Å². The monoisotopic (exact) mass is 182 g/mol. The minimum absolute atomic E-state index is 0.296. The Bertz CT molecular complexity index is 136. The van der Waals surface area contributed by atoms with Crippen LogP contribution in [0, 0.1) is 0 Å². The van der Waals surface area contributed by atoms with Crippen LogP contribution in [0.15, 0.2) is 24.3 Å². The van der Waals surface area contributed by atoms with Crippen LogP contribution in [0.2, 0.25) is 0 Å². The van der Waals surface area contributed by atoms with Crippen molar-refractivity contribution in [2.45, 2.75) is 45.4 Å². The molecule has 0 aromatic rings. The molecule has 0 rings (SSSR count). The van der Waals surface area contributed by atoms with E-state index in [0.29, 0.717) is 6.61 Å². The largest absolute Gasteiger partial charge is 0.396 e. The molecule has 0 aliphatic heterocycles. The molecule has 0 spiro atoms. The molecule has 13 heavy (non-hydrogen) atoms. The highest BCUT2D eigenvalue weighted by Gasteiger charge is 1.80. The van der Waals surface area contributed by atoms with E-state index in [0.717, 1.165) is 12.8 Å². The van der Waals surface area contributed by atoms with Crippen LogP contribution in [-0.4, -0.2) is 11.7 Å². The van der Waals surface area contributed by atoms with Gasteiger partial charge in [0.05, 0.1) is 0 Å². The van der Waals surface area contributed by atoms with Gasteiger partial charge in [0, 0.05) is 6.61 Å². The molecule has 76 valence electrons. The minimum atomic E-state index is 0.296. The van der Waals surface area contributed by atoms with Crippen molar-refractivity contribution in [2.75, 3.05) is 6.61 Å². The maximum absolute atomic E-state index is 8.51. The van der Waals surface area contributed by atoms with Gasteiger partial charge in [-0.2, -0.15) is 0 Å². The number of aliphatic hydroxyl groups is 1. The summed E-state index contributed by atoms with van der Waals surface area (Å²) in [6.07, 6.45) is 15.5. The Morgan fingerprint density at radius 1 is 0.923 bits per heavy atom. The van der Waals surface area contributed by atoms with Crippen molar-refractivity contribution in [1.82, 2.24) is 0 Å². The van der Waals surface area contributed by atoms with Crippen LogP contribution in [0.4, 0.5) is 0 Å². The van der Waals surface area contributed by atoms with Gasteiger partial charge < -0.3 is 5.11 Å². The molecular formula is C12H22O. The molecule has 1 nitrogen and oxygen atoms in total. The van der Waals surface area contributed by atoms with E-state index >= 15 is 0 Å².